The summed E-state index contributed by atoms with van der Waals surface area (Å²) in [5.41, 5.74) is 9.05. The molecule has 0 saturated carbocycles. The minimum Gasteiger partial charge on any atom is -0.394 e. The predicted octanol–water partition coefficient (Wildman–Crippen LogP) is 2.34. The van der Waals surface area contributed by atoms with Crippen molar-refractivity contribution < 1.29 is 0 Å². The summed E-state index contributed by atoms with van der Waals surface area (Å²) in [6.45, 7) is 5.82. The van der Waals surface area contributed by atoms with Crippen molar-refractivity contribution in [1.29, 1.82) is 0 Å². The van der Waals surface area contributed by atoms with Gasteiger partial charge in [0.1, 0.15) is 0 Å². The van der Waals surface area contributed by atoms with Gasteiger partial charge in [-0.25, -0.2) is 0 Å². The topological polar surface area (TPSA) is 47.1 Å². The molecule has 0 amide bonds. The van der Waals surface area contributed by atoms with Crippen LogP contribution in [0.3, 0.4) is 0 Å². The molecule has 0 fully saturated rings. The number of aryl methyl sites for hydroxylation is 2. The van der Waals surface area contributed by atoms with Crippen LogP contribution in [0.2, 0.25) is 0 Å². The predicted molar refractivity (Wildman–Crippen MR) is 75.5 cm³/mol. The molecule has 0 spiro atoms. The first kappa shape index (κ1) is 12.5. The van der Waals surface area contributed by atoms with Crippen LogP contribution in [0.5, 0.6) is 0 Å². The maximum absolute atomic E-state index is 6.11. The van der Waals surface area contributed by atoms with E-state index in [2.05, 4.69) is 41.2 Å². The van der Waals surface area contributed by atoms with Crippen LogP contribution in [0.4, 0.5) is 11.5 Å². The molecule has 1 heterocycles. The lowest BCUT2D eigenvalue weighted by Crippen LogP contribution is -2.25. The highest BCUT2D eigenvalue weighted by molar-refractivity contribution is 5.66. The number of hydrogen-bond donors (Lipinski definition) is 1. The van der Waals surface area contributed by atoms with Gasteiger partial charge in [0.05, 0.1) is 11.4 Å². The molecule has 2 N–H and O–H groups in total. The van der Waals surface area contributed by atoms with E-state index < -0.39 is 0 Å². The molecule has 0 aliphatic rings. The van der Waals surface area contributed by atoms with Gasteiger partial charge < -0.3 is 10.6 Å². The molecule has 0 bridgehead atoms. The van der Waals surface area contributed by atoms with Crippen LogP contribution >= 0.6 is 0 Å². The first-order valence-electron chi connectivity index (χ1n) is 6.21. The van der Waals surface area contributed by atoms with Crippen LogP contribution in [-0.4, -0.2) is 16.3 Å². The molecule has 0 saturated heterocycles. The lowest BCUT2D eigenvalue weighted by Gasteiger charge is -2.23. The Balaban J connectivity index is 2.29. The minimum absolute atomic E-state index is 0.773. The third-order valence-corrected chi connectivity index (χ3v) is 3.13. The van der Waals surface area contributed by atoms with E-state index in [0.717, 1.165) is 30.3 Å². The number of hydrogen-bond acceptors (Lipinski definition) is 3. The zero-order valence-corrected chi connectivity index (χ0v) is 11.2. The Hall–Kier alpha value is -1.97. The summed E-state index contributed by atoms with van der Waals surface area (Å²) in [7, 11) is 1.94. The lowest BCUT2D eigenvalue weighted by molar-refractivity contribution is 0.706. The van der Waals surface area contributed by atoms with Gasteiger partial charge in [0, 0.05) is 20.1 Å². The molecule has 4 nitrogen and oxygen atoms in total. The van der Waals surface area contributed by atoms with Gasteiger partial charge in [-0.3, -0.25) is 4.68 Å². The van der Waals surface area contributed by atoms with Crippen molar-refractivity contribution in [3.05, 3.63) is 41.6 Å². The van der Waals surface area contributed by atoms with Gasteiger partial charge in [-0.05, 0) is 19.4 Å². The maximum Gasteiger partial charge on any atom is 0.150 e. The van der Waals surface area contributed by atoms with E-state index in [0.29, 0.717) is 0 Å². The van der Waals surface area contributed by atoms with Gasteiger partial charge in [0.25, 0.3) is 0 Å². The molecule has 0 atom stereocenters. The molecule has 4 heteroatoms. The third kappa shape index (κ3) is 2.32. The smallest absolute Gasteiger partial charge is 0.150 e. The number of anilines is 2. The van der Waals surface area contributed by atoms with Gasteiger partial charge in [-0.2, -0.15) is 5.10 Å². The van der Waals surface area contributed by atoms with E-state index >= 15 is 0 Å². The molecular weight excluding hydrogens is 224 g/mol. The number of nitrogen functional groups attached to an aromatic ring is 1. The number of nitrogens with two attached hydrogens (primary N) is 1. The number of nitrogens with zero attached hydrogens (tertiary/aromatic N) is 3. The molecule has 2 rings (SSSR count). The Bertz CT molecular complexity index is 516. The summed E-state index contributed by atoms with van der Waals surface area (Å²) in [6, 6.07) is 10.4. The van der Waals surface area contributed by atoms with Crippen molar-refractivity contribution in [3.63, 3.8) is 0 Å². The average Bonchev–Trinajstić information content (AvgIpc) is 2.62. The van der Waals surface area contributed by atoms with Crippen molar-refractivity contribution in [2.45, 2.75) is 20.4 Å². The third-order valence-electron chi connectivity index (χ3n) is 3.13. The highest BCUT2D eigenvalue weighted by Crippen LogP contribution is 2.26. The molecule has 96 valence electrons. The van der Waals surface area contributed by atoms with Gasteiger partial charge >= 0.3 is 0 Å². The summed E-state index contributed by atoms with van der Waals surface area (Å²) in [6.07, 6.45) is 0. The zero-order valence-electron chi connectivity index (χ0n) is 11.2. The summed E-state index contributed by atoms with van der Waals surface area (Å²) < 4.78 is 1.86. The number of rotatable bonds is 4. The second-order valence-corrected chi connectivity index (χ2v) is 4.45. The maximum atomic E-state index is 6.11. The Labute approximate surface area is 108 Å². The first-order valence-corrected chi connectivity index (χ1v) is 6.21. The van der Waals surface area contributed by atoms with E-state index in [1.54, 1.807) is 0 Å². The van der Waals surface area contributed by atoms with E-state index in [4.69, 9.17) is 5.73 Å². The Kier molecular flexibility index (Phi) is 3.55. The van der Waals surface area contributed by atoms with Crippen molar-refractivity contribution in [1.82, 2.24) is 9.78 Å². The van der Waals surface area contributed by atoms with Crippen molar-refractivity contribution >= 4 is 11.5 Å². The standard InChI is InChI=1S/C14H20N4/c1-4-18(10-12-8-6-5-7-9-12)14-13(15)11(2)16-17(14)3/h5-9H,4,10,15H2,1-3H3. The summed E-state index contributed by atoms with van der Waals surface area (Å²) >= 11 is 0. The highest BCUT2D eigenvalue weighted by atomic mass is 15.4. The first-order chi connectivity index (χ1) is 8.63. The largest absolute Gasteiger partial charge is 0.394 e. The molecule has 0 aliphatic heterocycles. The van der Waals surface area contributed by atoms with E-state index in [9.17, 15) is 0 Å². The van der Waals surface area contributed by atoms with E-state index in [-0.39, 0.29) is 0 Å². The fourth-order valence-electron chi connectivity index (χ4n) is 2.18. The summed E-state index contributed by atoms with van der Waals surface area (Å²) in [5, 5.41) is 4.37. The zero-order chi connectivity index (χ0) is 13.1. The number of benzene rings is 1. The molecule has 18 heavy (non-hydrogen) atoms. The Morgan fingerprint density at radius 3 is 2.44 bits per heavy atom. The Morgan fingerprint density at radius 1 is 1.28 bits per heavy atom. The lowest BCUT2D eigenvalue weighted by atomic mass is 10.2. The van der Waals surface area contributed by atoms with Crippen molar-refractivity contribution in [2.24, 2.45) is 7.05 Å². The Morgan fingerprint density at radius 2 is 1.94 bits per heavy atom. The van der Waals surface area contributed by atoms with Crippen LogP contribution in [0, 0.1) is 6.92 Å². The van der Waals surface area contributed by atoms with Crippen LogP contribution < -0.4 is 10.6 Å². The minimum atomic E-state index is 0.773. The van der Waals surface area contributed by atoms with Gasteiger partial charge in [0.15, 0.2) is 5.82 Å². The van der Waals surface area contributed by atoms with E-state index in [1.807, 2.05) is 24.7 Å². The summed E-state index contributed by atoms with van der Waals surface area (Å²) in [4.78, 5) is 2.24. The van der Waals surface area contributed by atoms with Crippen molar-refractivity contribution in [3.8, 4) is 0 Å². The van der Waals surface area contributed by atoms with Crippen LogP contribution in [0.15, 0.2) is 30.3 Å². The monoisotopic (exact) mass is 244 g/mol. The van der Waals surface area contributed by atoms with Crippen LogP contribution in [0.25, 0.3) is 0 Å². The second-order valence-electron chi connectivity index (χ2n) is 4.45. The van der Waals surface area contributed by atoms with Gasteiger partial charge in [-0.15, -0.1) is 0 Å². The quantitative estimate of drug-likeness (QED) is 0.898. The van der Waals surface area contributed by atoms with Crippen LogP contribution in [0.1, 0.15) is 18.2 Å². The molecule has 2 aromatic rings. The van der Waals surface area contributed by atoms with Gasteiger partial charge in [0.2, 0.25) is 0 Å². The fourth-order valence-corrected chi connectivity index (χ4v) is 2.18. The number of aromatic nitrogens is 2. The summed E-state index contributed by atoms with van der Waals surface area (Å²) in [5.74, 6) is 0.999. The fraction of sp³-hybridized carbons (Fsp3) is 0.357. The molecule has 1 aromatic carbocycles. The van der Waals surface area contributed by atoms with Crippen LogP contribution in [-0.2, 0) is 13.6 Å². The molecule has 1 aromatic heterocycles. The molecule has 0 radical (unpaired) electrons. The normalized spacial score (nSPS) is 10.6. The molecule has 0 aliphatic carbocycles. The molecular formula is C14H20N4. The van der Waals surface area contributed by atoms with Crippen molar-refractivity contribution in [2.75, 3.05) is 17.2 Å². The average molecular weight is 244 g/mol. The highest BCUT2D eigenvalue weighted by Gasteiger charge is 2.16. The second kappa shape index (κ2) is 5.12. The molecule has 0 unspecified atom stereocenters. The van der Waals surface area contributed by atoms with Gasteiger partial charge in [-0.1, -0.05) is 30.3 Å². The SMILES string of the molecule is CCN(Cc1ccccc1)c1c(N)c(C)nn1C. The van der Waals surface area contributed by atoms with E-state index in [1.165, 1.54) is 5.56 Å².